The van der Waals surface area contributed by atoms with Crippen molar-refractivity contribution in [3.63, 3.8) is 0 Å². The van der Waals surface area contributed by atoms with Gasteiger partial charge in [-0.3, -0.25) is 4.90 Å². The molecule has 1 fully saturated rings. The first-order valence-electron chi connectivity index (χ1n) is 8.80. The Hall–Kier alpha value is -2.94. The number of benzene rings is 1. The minimum absolute atomic E-state index is 0.0839. The highest BCUT2D eigenvalue weighted by atomic mass is 15.2. The molecular weight excluding hydrogens is 322 g/mol. The van der Waals surface area contributed by atoms with Gasteiger partial charge in [0.15, 0.2) is 5.41 Å². The van der Waals surface area contributed by atoms with E-state index in [4.69, 9.17) is 5.41 Å². The van der Waals surface area contributed by atoms with Crippen molar-refractivity contribution in [2.24, 2.45) is 17.3 Å². The first kappa shape index (κ1) is 17.9. The molecule has 0 aromatic heterocycles. The van der Waals surface area contributed by atoms with E-state index in [1.807, 2.05) is 36.4 Å². The lowest BCUT2D eigenvalue weighted by molar-refractivity contribution is 0.171. The van der Waals surface area contributed by atoms with Crippen molar-refractivity contribution in [2.75, 3.05) is 13.1 Å². The van der Waals surface area contributed by atoms with Crippen LogP contribution in [0.5, 0.6) is 0 Å². The van der Waals surface area contributed by atoms with Crippen molar-refractivity contribution in [1.29, 1.82) is 21.2 Å². The minimum atomic E-state index is -1.62. The first-order chi connectivity index (χ1) is 12.5. The van der Waals surface area contributed by atoms with E-state index >= 15 is 0 Å². The zero-order valence-electron chi connectivity index (χ0n) is 15.0. The average Bonchev–Trinajstić information content (AvgIpc) is 2.67. The third-order valence-electron chi connectivity index (χ3n) is 5.71. The van der Waals surface area contributed by atoms with E-state index in [0.717, 1.165) is 17.7 Å². The summed E-state index contributed by atoms with van der Waals surface area (Å²) in [5.41, 5.74) is 0.0611. The normalized spacial score (nSPS) is 27.6. The maximum atomic E-state index is 9.97. The Balaban J connectivity index is 2.23. The summed E-state index contributed by atoms with van der Waals surface area (Å²) in [5, 5.41) is 38.2. The van der Waals surface area contributed by atoms with Crippen LogP contribution in [0.15, 0.2) is 42.0 Å². The predicted octanol–water partition coefficient (Wildman–Crippen LogP) is 3.24. The van der Waals surface area contributed by atoms with Crippen molar-refractivity contribution in [3.8, 4) is 18.2 Å². The molecule has 1 N–H and O–H groups in total. The number of rotatable bonds is 2. The second-order valence-corrected chi connectivity index (χ2v) is 7.25. The highest BCUT2D eigenvalue weighted by molar-refractivity contribution is 6.00. The Kier molecular flexibility index (Phi) is 4.64. The molecule has 0 saturated heterocycles. The Labute approximate surface area is 154 Å². The zero-order valence-corrected chi connectivity index (χ0v) is 15.0. The van der Waals surface area contributed by atoms with E-state index in [2.05, 4.69) is 37.0 Å². The average molecular weight is 343 g/mol. The molecule has 2 aliphatic rings. The SMILES string of the molecule is CC(C)N1CC=C2C(C#N)C(=N)C(C#N)(C#N)[C@@H](c3ccccc3)[C@H]2C1. The molecule has 3 rings (SSSR count). The summed E-state index contributed by atoms with van der Waals surface area (Å²) in [6, 6.07) is 16.3. The Morgan fingerprint density at radius 1 is 1.15 bits per heavy atom. The van der Waals surface area contributed by atoms with Crippen molar-refractivity contribution >= 4 is 5.71 Å². The van der Waals surface area contributed by atoms with Gasteiger partial charge < -0.3 is 5.41 Å². The lowest BCUT2D eigenvalue weighted by Crippen LogP contribution is -2.53. The summed E-state index contributed by atoms with van der Waals surface area (Å²) >= 11 is 0. The highest BCUT2D eigenvalue weighted by Gasteiger charge is 2.57. The fourth-order valence-electron chi connectivity index (χ4n) is 4.29. The maximum Gasteiger partial charge on any atom is 0.189 e. The molecule has 1 unspecified atom stereocenters. The van der Waals surface area contributed by atoms with Crippen molar-refractivity contribution < 1.29 is 0 Å². The van der Waals surface area contributed by atoms with Gasteiger partial charge in [-0.2, -0.15) is 15.8 Å². The minimum Gasteiger partial charge on any atom is -0.305 e. The van der Waals surface area contributed by atoms with Gasteiger partial charge in [0, 0.05) is 31.0 Å². The van der Waals surface area contributed by atoms with Crippen molar-refractivity contribution in [3.05, 3.63) is 47.5 Å². The standard InChI is InChI=1S/C21H21N5/c1-14(2)26-9-8-16-17(10-22)20(25)21(12-23,13-24)19(18(16)11-26)15-6-4-3-5-7-15/h3-8,14,17-19,25H,9,11H2,1-2H3/t17?,18-,19-/m0/s1. The molecule has 5 nitrogen and oxygen atoms in total. The van der Waals surface area contributed by atoms with Crippen LogP contribution in [0.25, 0.3) is 0 Å². The van der Waals surface area contributed by atoms with Gasteiger partial charge in [-0.15, -0.1) is 0 Å². The molecule has 3 atom stereocenters. The fourth-order valence-corrected chi connectivity index (χ4v) is 4.29. The van der Waals surface area contributed by atoms with Gasteiger partial charge in [-0.05, 0) is 25.0 Å². The van der Waals surface area contributed by atoms with Crippen LogP contribution >= 0.6 is 0 Å². The van der Waals surface area contributed by atoms with E-state index in [1.54, 1.807) is 0 Å². The van der Waals surface area contributed by atoms with Gasteiger partial charge >= 0.3 is 0 Å². The predicted molar refractivity (Wildman–Crippen MR) is 98.0 cm³/mol. The maximum absolute atomic E-state index is 9.97. The second kappa shape index (κ2) is 6.75. The largest absolute Gasteiger partial charge is 0.305 e. The molecule has 1 aliphatic heterocycles. The molecule has 1 aromatic carbocycles. The fraction of sp³-hybridized carbons (Fsp3) is 0.429. The van der Waals surface area contributed by atoms with Crippen LogP contribution in [0.3, 0.4) is 0 Å². The van der Waals surface area contributed by atoms with E-state index in [1.165, 1.54) is 0 Å². The summed E-state index contributed by atoms with van der Waals surface area (Å²) in [5.74, 6) is -1.39. The summed E-state index contributed by atoms with van der Waals surface area (Å²) in [7, 11) is 0. The van der Waals surface area contributed by atoms with Gasteiger partial charge in [-0.25, -0.2) is 0 Å². The molecule has 0 spiro atoms. The molecule has 1 saturated carbocycles. The van der Waals surface area contributed by atoms with E-state index < -0.39 is 17.3 Å². The van der Waals surface area contributed by atoms with Crippen LogP contribution in [0.1, 0.15) is 25.3 Å². The molecule has 1 aliphatic carbocycles. The van der Waals surface area contributed by atoms with Gasteiger partial charge in [0.25, 0.3) is 0 Å². The van der Waals surface area contributed by atoms with E-state index in [0.29, 0.717) is 12.6 Å². The smallest absolute Gasteiger partial charge is 0.189 e. The highest BCUT2D eigenvalue weighted by Crippen LogP contribution is 2.53. The van der Waals surface area contributed by atoms with Crippen LogP contribution < -0.4 is 0 Å². The molecule has 130 valence electrons. The molecular formula is C21H21N5. The Morgan fingerprint density at radius 3 is 2.35 bits per heavy atom. The van der Waals surface area contributed by atoms with Gasteiger partial charge in [-0.1, -0.05) is 36.4 Å². The monoisotopic (exact) mass is 343 g/mol. The van der Waals surface area contributed by atoms with E-state index in [-0.39, 0.29) is 11.6 Å². The molecule has 26 heavy (non-hydrogen) atoms. The second-order valence-electron chi connectivity index (χ2n) is 7.25. The van der Waals surface area contributed by atoms with Crippen LogP contribution in [-0.4, -0.2) is 29.7 Å². The summed E-state index contributed by atoms with van der Waals surface area (Å²) in [6.45, 7) is 5.64. The lowest BCUT2D eigenvalue weighted by Gasteiger charge is -2.48. The summed E-state index contributed by atoms with van der Waals surface area (Å²) < 4.78 is 0. The molecule has 0 radical (unpaired) electrons. The van der Waals surface area contributed by atoms with Crippen molar-refractivity contribution in [2.45, 2.75) is 25.8 Å². The topological polar surface area (TPSA) is 98.5 Å². The van der Waals surface area contributed by atoms with E-state index in [9.17, 15) is 15.8 Å². The molecule has 1 aromatic rings. The number of fused-ring (bicyclic) bond motifs is 1. The number of nitrogens with one attached hydrogen (secondary N) is 1. The third kappa shape index (κ3) is 2.51. The lowest BCUT2D eigenvalue weighted by atomic mass is 9.54. The number of hydrogen-bond donors (Lipinski definition) is 1. The van der Waals surface area contributed by atoms with Crippen LogP contribution in [0, 0.1) is 56.7 Å². The Morgan fingerprint density at radius 2 is 1.81 bits per heavy atom. The molecule has 0 amide bonds. The van der Waals surface area contributed by atoms with Crippen molar-refractivity contribution in [1.82, 2.24) is 4.90 Å². The number of hydrogen-bond acceptors (Lipinski definition) is 5. The molecule has 5 heteroatoms. The van der Waals surface area contributed by atoms with Crippen LogP contribution in [-0.2, 0) is 0 Å². The third-order valence-corrected chi connectivity index (χ3v) is 5.71. The number of nitriles is 3. The quantitative estimate of drug-likeness (QED) is 0.833. The molecule has 0 bridgehead atoms. The first-order valence-corrected chi connectivity index (χ1v) is 8.80. The summed E-state index contributed by atoms with van der Waals surface area (Å²) in [4.78, 5) is 2.28. The number of nitrogens with zero attached hydrogens (tertiary/aromatic N) is 4. The van der Waals surface area contributed by atoms with Gasteiger partial charge in [0.2, 0.25) is 0 Å². The molecule has 1 heterocycles. The van der Waals surface area contributed by atoms with Gasteiger partial charge in [0.05, 0.1) is 23.9 Å². The summed E-state index contributed by atoms with van der Waals surface area (Å²) in [6.07, 6.45) is 2.03. The van der Waals surface area contributed by atoms with Crippen LogP contribution in [0.2, 0.25) is 0 Å². The Bertz CT molecular complexity index is 848. The zero-order chi connectivity index (χ0) is 18.9. The van der Waals surface area contributed by atoms with Gasteiger partial charge in [0.1, 0.15) is 5.92 Å². The van der Waals surface area contributed by atoms with Crippen LogP contribution in [0.4, 0.5) is 0 Å².